The molecule has 0 N–H and O–H groups in total. The number of hydrogen-bond acceptors (Lipinski definition) is 4. The lowest BCUT2D eigenvalue weighted by molar-refractivity contribution is 0.0705. The van der Waals surface area contributed by atoms with E-state index in [1.165, 1.54) is 12.4 Å². The molecule has 1 saturated heterocycles. The fourth-order valence-electron chi connectivity index (χ4n) is 3.52. The fourth-order valence-corrected chi connectivity index (χ4v) is 4.31. The van der Waals surface area contributed by atoms with Crippen LogP contribution in [0.2, 0.25) is 15.2 Å². The van der Waals surface area contributed by atoms with Crippen molar-refractivity contribution in [1.82, 2.24) is 19.8 Å². The molecule has 0 bridgehead atoms. The molecule has 6 nitrogen and oxygen atoms in total. The summed E-state index contributed by atoms with van der Waals surface area (Å²) in [5.74, 6) is -0.398. The van der Waals surface area contributed by atoms with E-state index in [1.807, 2.05) is 6.92 Å². The van der Waals surface area contributed by atoms with Crippen LogP contribution in [0.1, 0.15) is 45.7 Å². The van der Waals surface area contributed by atoms with E-state index >= 15 is 0 Å². The summed E-state index contributed by atoms with van der Waals surface area (Å²) in [5, 5.41) is 0.765. The summed E-state index contributed by atoms with van der Waals surface area (Å²) in [4.78, 5) is 37.3. The van der Waals surface area contributed by atoms with Crippen molar-refractivity contribution in [2.24, 2.45) is 0 Å². The van der Waals surface area contributed by atoms with Gasteiger partial charge in [-0.15, -0.1) is 0 Å². The number of amides is 2. The van der Waals surface area contributed by atoms with Crippen LogP contribution in [0.15, 0.2) is 24.5 Å². The molecule has 3 heterocycles. The quantitative estimate of drug-likeness (QED) is 0.639. The minimum absolute atomic E-state index is 0.00947. The topological polar surface area (TPSA) is 66.4 Å². The third kappa shape index (κ3) is 5.00. The average molecular weight is 456 g/mol. The number of pyridine rings is 2. The molecule has 3 rings (SSSR count). The van der Waals surface area contributed by atoms with E-state index in [2.05, 4.69) is 9.97 Å². The maximum Gasteiger partial charge on any atom is 0.272 e. The maximum atomic E-state index is 12.9. The predicted molar refractivity (Wildman–Crippen MR) is 114 cm³/mol. The largest absolute Gasteiger partial charge is 0.338 e. The van der Waals surface area contributed by atoms with Crippen molar-refractivity contribution in [2.75, 3.05) is 20.1 Å². The lowest BCUT2D eigenvalue weighted by Gasteiger charge is -2.27. The number of aryl methyl sites for hydroxylation is 1. The standard InChI is InChI=1S/C20H21Cl3N4O2/c1-12-8-16(25-17(23)9-12)19(28)26(2)13-4-3-6-27(7-5-13)20(29)18-14(21)10-24-11-15(18)22/h8-11,13H,3-7H2,1-2H3. The molecule has 2 amide bonds. The van der Waals surface area contributed by atoms with Gasteiger partial charge in [-0.25, -0.2) is 4.98 Å². The van der Waals surface area contributed by atoms with E-state index in [0.29, 0.717) is 30.4 Å². The van der Waals surface area contributed by atoms with E-state index in [9.17, 15) is 9.59 Å². The van der Waals surface area contributed by atoms with Crippen LogP contribution in [0.3, 0.4) is 0 Å². The summed E-state index contributed by atoms with van der Waals surface area (Å²) in [6, 6.07) is 3.43. The van der Waals surface area contributed by atoms with Crippen molar-refractivity contribution in [3.63, 3.8) is 0 Å². The highest BCUT2D eigenvalue weighted by atomic mass is 35.5. The number of rotatable bonds is 3. The summed E-state index contributed by atoms with van der Waals surface area (Å²) >= 11 is 18.3. The molecule has 29 heavy (non-hydrogen) atoms. The summed E-state index contributed by atoms with van der Waals surface area (Å²) in [6.45, 7) is 2.94. The van der Waals surface area contributed by atoms with Gasteiger partial charge in [-0.2, -0.15) is 0 Å². The molecule has 9 heteroatoms. The molecule has 0 radical (unpaired) electrons. The van der Waals surface area contributed by atoms with Gasteiger partial charge in [0.1, 0.15) is 10.8 Å². The number of aromatic nitrogens is 2. The van der Waals surface area contributed by atoms with E-state index in [1.54, 1.807) is 29.0 Å². The van der Waals surface area contributed by atoms with Crippen molar-refractivity contribution in [3.8, 4) is 0 Å². The van der Waals surface area contributed by atoms with Gasteiger partial charge in [0.15, 0.2) is 0 Å². The Bertz CT molecular complexity index is 897. The maximum absolute atomic E-state index is 12.9. The van der Waals surface area contributed by atoms with Crippen molar-refractivity contribution in [3.05, 3.63) is 56.5 Å². The van der Waals surface area contributed by atoms with Gasteiger partial charge in [-0.1, -0.05) is 34.8 Å². The first-order chi connectivity index (χ1) is 13.8. The molecule has 154 valence electrons. The molecule has 2 aromatic heterocycles. The van der Waals surface area contributed by atoms with Crippen LogP contribution >= 0.6 is 34.8 Å². The molecule has 2 aromatic rings. The zero-order valence-electron chi connectivity index (χ0n) is 16.2. The molecule has 0 aromatic carbocycles. The third-order valence-corrected chi connectivity index (χ3v) is 5.84. The smallest absolute Gasteiger partial charge is 0.272 e. The van der Waals surface area contributed by atoms with Gasteiger partial charge >= 0.3 is 0 Å². The van der Waals surface area contributed by atoms with Gasteiger partial charge < -0.3 is 9.80 Å². The van der Waals surface area contributed by atoms with Crippen LogP contribution in [0, 0.1) is 6.92 Å². The van der Waals surface area contributed by atoms with Crippen molar-refractivity contribution < 1.29 is 9.59 Å². The highest BCUT2D eigenvalue weighted by Crippen LogP contribution is 2.26. The van der Waals surface area contributed by atoms with E-state index in [-0.39, 0.29) is 33.5 Å². The Kier molecular flexibility index (Phi) is 6.98. The summed E-state index contributed by atoms with van der Waals surface area (Å²) in [7, 11) is 1.76. The Hall–Kier alpha value is -1.89. The second-order valence-corrected chi connectivity index (χ2v) is 8.33. The molecule has 1 unspecified atom stereocenters. The molecule has 0 spiro atoms. The Balaban J connectivity index is 1.70. The normalized spacial score (nSPS) is 17.0. The van der Waals surface area contributed by atoms with Crippen LogP contribution in [0.5, 0.6) is 0 Å². The molecular weight excluding hydrogens is 435 g/mol. The van der Waals surface area contributed by atoms with E-state index < -0.39 is 0 Å². The zero-order chi connectivity index (χ0) is 21.1. The minimum atomic E-state index is -0.218. The number of carbonyl (C=O) groups is 2. The Labute approximate surface area is 184 Å². The number of carbonyl (C=O) groups excluding carboxylic acids is 2. The van der Waals surface area contributed by atoms with Gasteiger partial charge in [0, 0.05) is 38.6 Å². The van der Waals surface area contributed by atoms with Crippen LogP contribution in [0.4, 0.5) is 0 Å². The molecule has 1 atom stereocenters. The van der Waals surface area contributed by atoms with Gasteiger partial charge in [0.2, 0.25) is 0 Å². The number of hydrogen-bond donors (Lipinski definition) is 0. The number of nitrogens with zero attached hydrogens (tertiary/aromatic N) is 4. The molecule has 0 saturated carbocycles. The number of halogens is 3. The lowest BCUT2D eigenvalue weighted by atomic mass is 10.1. The summed E-state index contributed by atoms with van der Waals surface area (Å²) < 4.78 is 0. The molecule has 1 fully saturated rings. The van der Waals surface area contributed by atoms with Crippen LogP contribution < -0.4 is 0 Å². The lowest BCUT2D eigenvalue weighted by Crippen LogP contribution is -2.39. The van der Waals surface area contributed by atoms with E-state index in [4.69, 9.17) is 34.8 Å². The Morgan fingerprint density at radius 2 is 1.79 bits per heavy atom. The van der Waals surface area contributed by atoms with Crippen molar-refractivity contribution in [1.29, 1.82) is 0 Å². The zero-order valence-corrected chi connectivity index (χ0v) is 18.4. The van der Waals surface area contributed by atoms with E-state index in [0.717, 1.165) is 18.4 Å². The second-order valence-electron chi connectivity index (χ2n) is 7.12. The number of likely N-dealkylation sites (tertiary alicyclic amines) is 1. The molecule has 1 aliphatic rings. The predicted octanol–water partition coefficient (Wildman–Crippen LogP) is 4.51. The van der Waals surface area contributed by atoms with Crippen LogP contribution in [-0.4, -0.2) is 57.8 Å². The Morgan fingerprint density at radius 3 is 2.45 bits per heavy atom. The monoisotopic (exact) mass is 454 g/mol. The summed E-state index contributed by atoms with van der Waals surface area (Å²) in [6.07, 6.45) is 5.01. The van der Waals surface area contributed by atoms with Gasteiger partial charge in [0.05, 0.1) is 15.6 Å². The second kappa shape index (κ2) is 9.28. The average Bonchev–Trinajstić information content (AvgIpc) is 2.92. The van der Waals surface area contributed by atoms with Crippen LogP contribution in [0.25, 0.3) is 0 Å². The molecule has 1 aliphatic heterocycles. The van der Waals surface area contributed by atoms with Crippen molar-refractivity contribution in [2.45, 2.75) is 32.2 Å². The van der Waals surface area contributed by atoms with Gasteiger partial charge in [-0.3, -0.25) is 14.6 Å². The van der Waals surface area contributed by atoms with Crippen LogP contribution in [-0.2, 0) is 0 Å². The highest BCUT2D eigenvalue weighted by Gasteiger charge is 2.28. The first-order valence-electron chi connectivity index (χ1n) is 9.27. The SMILES string of the molecule is Cc1cc(Cl)nc(C(=O)N(C)C2CCCN(C(=O)c3c(Cl)cncc3Cl)CC2)c1. The summed E-state index contributed by atoms with van der Waals surface area (Å²) in [5.41, 5.74) is 1.47. The minimum Gasteiger partial charge on any atom is -0.338 e. The molecular formula is C20H21Cl3N4O2. The van der Waals surface area contributed by atoms with Gasteiger partial charge in [-0.05, 0) is 43.9 Å². The Morgan fingerprint density at radius 1 is 1.10 bits per heavy atom. The third-order valence-electron chi connectivity index (χ3n) is 5.08. The molecule has 0 aliphatic carbocycles. The first-order valence-corrected chi connectivity index (χ1v) is 10.4. The first kappa shape index (κ1) is 21.8. The fraction of sp³-hybridized carbons (Fsp3) is 0.400. The van der Waals surface area contributed by atoms with Gasteiger partial charge in [0.25, 0.3) is 11.8 Å². The van der Waals surface area contributed by atoms with Crippen molar-refractivity contribution >= 4 is 46.6 Å². The highest BCUT2D eigenvalue weighted by molar-refractivity contribution is 6.39.